The number of carbonyl (C=O) groups excluding carboxylic acids is 1. The zero-order valence-electron chi connectivity index (χ0n) is 15.0. The molecule has 0 radical (unpaired) electrons. The maximum absolute atomic E-state index is 12.3. The van der Waals surface area contributed by atoms with Gasteiger partial charge in [0.05, 0.1) is 12.2 Å². The summed E-state index contributed by atoms with van der Waals surface area (Å²) in [5.41, 5.74) is 3.65. The minimum Gasteiger partial charge on any atom is -0.444 e. The summed E-state index contributed by atoms with van der Waals surface area (Å²) in [5.74, 6) is 3.97. The fourth-order valence-electron chi connectivity index (χ4n) is 2.41. The minimum absolute atomic E-state index is 0.0488. The summed E-state index contributed by atoms with van der Waals surface area (Å²) < 4.78 is 5.50. The lowest BCUT2D eigenvalue weighted by atomic mass is 10.2. The van der Waals surface area contributed by atoms with Gasteiger partial charge in [-0.1, -0.05) is 25.6 Å². The van der Waals surface area contributed by atoms with E-state index in [1.807, 2.05) is 20.8 Å². The number of aromatic amines is 1. The Kier molecular flexibility index (Phi) is 4.90. The van der Waals surface area contributed by atoms with Gasteiger partial charge in [-0.3, -0.25) is 4.90 Å². The number of imidazole rings is 1. The molecule has 1 saturated heterocycles. The standard InChI is InChI=1S/C17H27N3O2Si/c1-17(2,3)22-16(21)20-10-7-8-14(20)15-18-12-13(19-15)9-11-23(4,5)6/h12,14H,7-8,10H2,1-6H3,(H,18,19). The molecule has 0 aliphatic carbocycles. The van der Waals surface area contributed by atoms with E-state index in [2.05, 4.69) is 41.1 Å². The molecule has 1 atom stereocenters. The van der Waals surface area contributed by atoms with Crippen LogP contribution in [0.4, 0.5) is 4.79 Å². The summed E-state index contributed by atoms with van der Waals surface area (Å²) in [7, 11) is -1.41. The van der Waals surface area contributed by atoms with E-state index in [9.17, 15) is 4.79 Å². The van der Waals surface area contributed by atoms with Crippen LogP contribution < -0.4 is 0 Å². The van der Waals surface area contributed by atoms with Gasteiger partial charge < -0.3 is 9.72 Å². The summed E-state index contributed by atoms with van der Waals surface area (Å²) in [4.78, 5) is 21.8. The molecule has 1 aliphatic heterocycles. The smallest absolute Gasteiger partial charge is 0.410 e. The monoisotopic (exact) mass is 333 g/mol. The van der Waals surface area contributed by atoms with Gasteiger partial charge in [0.25, 0.3) is 0 Å². The largest absolute Gasteiger partial charge is 0.444 e. The predicted octanol–water partition coefficient (Wildman–Crippen LogP) is 3.71. The van der Waals surface area contributed by atoms with Crippen LogP contribution in [0.5, 0.6) is 0 Å². The van der Waals surface area contributed by atoms with Crippen LogP contribution >= 0.6 is 0 Å². The molecule has 1 aromatic rings. The molecule has 0 spiro atoms. The van der Waals surface area contributed by atoms with Crippen molar-refractivity contribution in [1.29, 1.82) is 0 Å². The van der Waals surface area contributed by atoms with E-state index in [-0.39, 0.29) is 12.1 Å². The Labute approximate surface area is 139 Å². The number of hydrogen-bond donors (Lipinski definition) is 1. The van der Waals surface area contributed by atoms with E-state index in [0.29, 0.717) is 6.54 Å². The molecular formula is C17H27N3O2Si. The van der Waals surface area contributed by atoms with Gasteiger partial charge in [-0.2, -0.15) is 0 Å². The first-order chi connectivity index (χ1) is 10.6. The second kappa shape index (κ2) is 6.40. The number of likely N-dealkylation sites (tertiary alicyclic amines) is 1. The molecule has 1 aromatic heterocycles. The van der Waals surface area contributed by atoms with Crippen molar-refractivity contribution in [3.05, 3.63) is 17.7 Å². The van der Waals surface area contributed by atoms with Crippen molar-refractivity contribution in [3.8, 4) is 11.5 Å². The van der Waals surface area contributed by atoms with Crippen molar-refractivity contribution in [2.24, 2.45) is 0 Å². The summed E-state index contributed by atoms with van der Waals surface area (Å²) in [6, 6.07) is -0.0488. The van der Waals surface area contributed by atoms with Crippen LogP contribution in [0.15, 0.2) is 6.20 Å². The highest BCUT2D eigenvalue weighted by atomic mass is 28.3. The van der Waals surface area contributed by atoms with Crippen LogP contribution in [0.3, 0.4) is 0 Å². The molecule has 2 rings (SSSR count). The molecule has 6 heteroatoms. The lowest BCUT2D eigenvalue weighted by Crippen LogP contribution is -2.36. The van der Waals surface area contributed by atoms with Crippen molar-refractivity contribution in [2.45, 2.75) is 64.9 Å². The van der Waals surface area contributed by atoms with Gasteiger partial charge >= 0.3 is 6.09 Å². The van der Waals surface area contributed by atoms with Crippen molar-refractivity contribution in [1.82, 2.24) is 14.9 Å². The third-order valence-corrected chi connectivity index (χ3v) is 4.24. The van der Waals surface area contributed by atoms with Gasteiger partial charge in [0, 0.05) is 6.54 Å². The summed E-state index contributed by atoms with van der Waals surface area (Å²) >= 11 is 0. The fraction of sp³-hybridized carbons (Fsp3) is 0.647. The van der Waals surface area contributed by atoms with Crippen LogP contribution in [-0.2, 0) is 4.74 Å². The van der Waals surface area contributed by atoms with Crippen molar-refractivity contribution >= 4 is 14.2 Å². The van der Waals surface area contributed by atoms with Gasteiger partial charge in [-0.15, -0.1) is 5.54 Å². The number of hydrogen-bond acceptors (Lipinski definition) is 3. The molecule has 23 heavy (non-hydrogen) atoms. The Balaban J connectivity index is 2.13. The second-order valence-corrected chi connectivity index (χ2v) is 12.8. The highest BCUT2D eigenvalue weighted by Crippen LogP contribution is 2.31. The Hall–Kier alpha value is -1.74. The van der Waals surface area contributed by atoms with E-state index in [1.165, 1.54) is 0 Å². The number of ether oxygens (including phenoxy) is 1. The van der Waals surface area contributed by atoms with Gasteiger partial charge in [0.15, 0.2) is 0 Å². The number of nitrogens with zero attached hydrogens (tertiary/aromatic N) is 2. The normalized spacial score (nSPS) is 18.5. The maximum Gasteiger partial charge on any atom is 0.410 e. The number of aromatic nitrogens is 2. The molecular weight excluding hydrogens is 306 g/mol. The topological polar surface area (TPSA) is 58.2 Å². The third-order valence-electron chi connectivity index (χ3n) is 3.36. The molecule has 0 aromatic carbocycles. The van der Waals surface area contributed by atoms with Gasteiger partial charge in [-0.05, 0) is 33.6 Å². The summed E-state index contributed by atoms with van der Waals surface area (Å²) in [6.45, 7) is 13.0. The van der Waals surface area contributed by atoms with E-state index < -0.39 is 13.7 Å². The first-order valence-corrected chi connectivity index (χ1v) is 11.6. The van der Waals surface area contributed by atoms with E-state index in [4.69, 9.17) is 4.74 Å². The highest BCUT2D eigenvalue weighted by molar-refractivity contribution is 6.83. The number of nitrogens with one attached hydrogen (secondary N) is 1. The predicted molar refractivity (Wildman–Crippen MR) is 93.7 cm³/mol. The van der Waals surface area contributed by atoms with Crippen molar-refractivity contribution < 1.29 is 9.53 Å². The van der Waals surface area contributed by atoms with Crippen LogP contribution in [0.1, 0.15) is 51.2 Å². The SMILES string of the molecule is CC(C)(C)OC(=O)N1CCCC1c1ncc(C#C[Si](C)(C)C)[nH]1. The van der Waals surface area contributed by atoms with Crippen LogP contribution in [0, 0.1) is 11.5 Å². The number of amides is 1. The third kappa shape index (κ3) is 5.14. The first kappa shape index (κ1) is 17.6. The molecule has 0 saturated carbocycles. The number of rotatable bonds is 1. The number of carbonyl (C=O) groups is 1. The summed E-state index contributed by atoms with van der Waals surface area (Å²) in [5, 5.41) is 0. The van der Waals surface area contributed by atoms with Crippen molar-refractivity contribution in [2.75, 3.05) is 6.54 Å². The van der Waals surface area contributed by atoms with Crippen LogP contribution in [0.2, 0.25) is 19.6 Å². The zero-order valence-corrected chi connectivity index (χ0v) is 16.0. The van der Waals surface area contributed by atoms with Gasteiger partial charge in [0.2, 0.25) is 0 Å². The molecule has 1 amide bonds. The Morgan fingerprint density at radius 1 is 1.43 bits per heavy atom. The average Bonchev–Trinajstić information content (AvgIpc) is 3.02. The molecule has 1 N–H and O–H groups in total. The highest BCUT2D eigenvalue weighted by Gasteiger charge is 2.34. The second-order valence-electron chi connectivity index (χ2n) is 8.01. The van der Waals surface area contributed by atoms with E-state index in [0.717, 1.165) is 24.4 Å². The molecule has 1 unspecified atom stereocenters. The lowest BCUT2D eigenvalue weighted by molar-refractivity contribution is 0.0218. The molecule has 126 valence electrons. The number of H-pyrrole nitrogens is 1. The zero-order chi connectivity index (χ0) is 17.3. The van der Waals surface area contributed by atoms with Crippen LogP contribution in [0.25, 0.3) is 0 Å². The molecule has 0 bridgehead atoms. The quantitative estimate of drug-likeness (QED) is 0.629. The first-order valence-electron chi connectivity index (χ1n) is 8.13. The van der Waals surface area contributed by atoms with Gasteiger partial charge in [-0.25, -0.2) is 9.78 Å². The van der Waals surface area contributed by atoms with Crippen LogP contribution in [-0.4, -0.2) is 41.2 Å². The maximum atomic E-state index is 12.3. The molecule has 1 fully saturated rings. The van der Waals surface area contributed by atoms with Crippen molar-refractivity contribution in [3.63, 3.8) is 0 Å². The molecule has 2 heterocycles. The molecule has 1 aliphatic rings. The van der Waals surface area contributed by atoms with E-state index >= 15 is 0 Å². The lowest BCUT2D eigenvalue weighted by Gasteiger charge is -2.27. The molecule has 5 nitrogen and oxygen atoms in total. The fourth-order valence-corrected chi connectivity index (χ4v) is 2.92. The van der Waals surface area contributed by atoms with Gasteiger partial charge in [0.1, 0.15) is 25.2 Å². The Bertz CT molecular complexity index is 629. The Morgan fingerprint density at radius 2 is 2.13 bits per heavy atom. The Morgan fingerprint density at radius 3 is 2.74 bits per heavy atom. The van der Waals surface area contributed by atoms with E-state index in [1.54, 1.807) is 11.1 Å². The summed E-state index contributed by atoms with van der Waals surface area (Å²) in [6.07, 6.45) is 3.34. The average molecular weight is 334 g/mol. The minimum atomic E-state index is -1.41.